The molecule has 0 saturated heterocycles. The van der Waals surface area contributed by atoms with Gasteiger partial charge in [-0.25, -0.2) is 0 Å². The molecule has 0 spiro atoms. The Bertz CT molecular complexity index is 744. The molecule has 0 amide bonds. The molecule has 0 bridgehead atoms. The Morgan fingerprint density at radius 2 is 1.19 bits per heavy atom. The molecule has 3 aromatic carbocycles. The van der Waals surface area contributed by atoms with Crippen molar-refractivity contribution in [1.82, 2.24) is 0 Å². The van der Waals surface area contributed by atoms with Crippen molar-refractivity contribution >= 4 is 0 Å². The number of quaternary nitrogens is 1. The Balaban J connectivity index is 1.74. The van der Waals surface area contributed by atoms with Gasteiger partial charge in [-0.2, -0.15) is 0 Å². The van der Waals surface area contributed by atoms with Crippen molar-refractivity contribution in [1.29, 1.82) is 0 Å². The maximum Gasteiger partial charge on any atom is 0.118 e. The van der Waals surface area contributed by atoms with Crippen molar-refractivity contribution in [3.8, 4) is 5.75 Å². The van der Waals surface area contributed by atoms with Crippen LogP contribution in [0.2, 0.25) is 0 Å². The molecule has 0 aromatic heterocycles. The highest BCUT2D eigenvalue weighted by Crippen LogP contribution is 2.20. The van der Waals surface area contributed by atoms with Crippen LogP contribution in [0.1, 0.15) is 16.7 Å². The highest BCUT2D eigenvalue weighted by molar-refractivity contribution is 5.27. The summed E-state index contributed by atoms with van der Waals surface area (Å²) >= 11 is 0. The third-order valence-electron chi connectivity index (χ3n) is 4.59. The van der Waals surface area contributed by atoms with Gasteiger partial charge in [-0.15, -0.1) is 0 Å². The van der Waals surface area contributed by atoms with Crippen LogP contribution >= 0.6 is 0 Å². The first kappa shape index (κ1) is 18.2. The molecule has 0 aliphatic heterocycles. The van der Waals surface area contributed by atoms with Crippen LogP contribution in [0.15, 0.2) is 84.9 Å². The third kappa shape index (κ3) is 5.19. The summed E-state index contributed by atoms with van der Waals surface area (Å²) in [7, 11) is 1.66. The lowest BCUT2D eigenvalue weighted by Crippen LogP contribution is -2.42. The van der Waals surface area contributed by atoms with E-state index in [0.717, 1.165) is 28.9 Å². The normalized spacial score (nSPS) is 11.3. The van der Waals surface area contributed by atoms with Crippen molar-refractivity contribution in [3.63, 3.8) is 0 Å². The maximum atomic E-state index is 13.7. The molecule has 3 aromatic rings. The summed E-state index contributed by atoms with van der Waals surface area (Å²) in [6.45, 7) is 1.49. The summed E-state index contributed by atoms with van der Waals surface area (Å²) < 4.78 is 4.94. The smallest absolute Gasteiger partial charge is 0.118 e. The van der Waals surface area contributed by atoms with Gasteiger partial charge in [0.05, 0.1) is 13.7 Å². The van der Waals surface area contributed by atoms with E-state index in [4.69, 9.17) is 4.74 Å². The molecule has 134 valence electrons. The van der Waals surface area contributed by atoms with E-state index in [-0.39, 0.29) is 4.65 Å². The van der Waals surface area contributed by atoms with Crippen molar-refractivity contribution in [3.05, 3.63) is 107 Å². The zero-order chi connectivity index (χ0) is 18.2. The zero-order valence-corrected chi connectivity index (χ0v) is 15.2. The highest BCUT2D eigenvalue weighted by Gasteiger charge is 2.18. The molecule has 0 N–H and O–H groups in total. The quantitative estimate of drug-likeness (QED) is 0.426. The van der Waals surface area contributed by atoms with E-state index in [1.165, 1.54) is 0 Å². The van der Waals surface area contributed by atoms with E-state index in [1.807, 2.05) is 84.9 Å². The van der Waals surface area contributed by atoms with E-state index in [0.29, 0.717) is 19.6 Å². The van der Waals surface area contributed by atoms with E-state index in [9.17, 15) is 5.21 Å². The number of hydroxylamine groups is 3. The minimum Gasteiger partial charge on any atom is -0.632 e. The number of hydrogen-bond donors (Lipinski definition) is 0. The summed E-state index contributed by atoms with van der Waals surface area (Å²) in [5, 5.41) is 13.7. The molecule has 3 rings (SSSR count). The van der Waals surface area contributed by atoms with Crippen LogP contribution in [0.25, 0.3) is 0 Å². The Hall–Kier alpha value is -2.62. The average Bonchev–Trinajstić information content (AvgIpc) is 2.68. The third-order valence-corrected chi connectivity index (χ3v) is 4.59. The zero-order valence-electron chi connectivity index (χ0n) is 15.2. The first-order chi connectivity index (χ1) is 12.7. The summed E-state index contributed by atoms with van der Waals surface area (Å²) in [4.78, 5) is 0. The van der Waals surface area contributed by atoms with Gasteiger partial charge in [0.1, 0.15) is 18.8 Å². The van der Waals surface area contributed by atoms with Crippen molar-refractivity contribution in [2.24, 2.45) is 0 Å². The number of benzene rings is 3. The second kappa shape index (κ2) is 8.65. The second-order valence-electron chi connectivity index (χ2n) is 6.67. The van der Waals surface area contributed by atoms with Crippen LogP contribution in [0, 0.1) is 5.21 Å². The summed E-state index contributed by atoms with van der Waals surface area (Å²) in [5.74, 6) is 0.838. The van der Waals surface area contributed by atoms with Crippen LogP contribution in [-0.4, -0.2) is 18.3 Å². The van der Waals surface area contributed by atoms with E-state index >= 15 is 0 Å². The molecule has 3 heteroatoms. The second-order valence-corrected chi connectivity index (χ2v) is 6.67. The van der Waals surface area contributed by atoms with Gasteiger partial charge in [0.25, 0.3) is 0 Å². The van der Waals surface area contributed by atoms with Gasteiger partial charge in [0, 0.05) is 17.5 Å². The van der Waals surface area contributed by atoms with Crippen LogP contribution in [0.3, 0.4) is 0 Å². The predicted molar refractivity (Wildman–Crippen MR) is 105 cm³/mol. The fourth-order valence-electron chi connectivity index (χ4n) is 3.17. The molecule has 0 unspecified atom stereocenters. The number of hydrogen-bond acceptors (Lipinski definition) is 2. The number of ether oxygens (including phenoxy) is 1. The lowest BCUT2D eigenvalue weighted by Gasteiger charge is -2.43. The van der Waals surface area contributed by atoms with Gasteiger partial charge >= 0.3 is 0 Å². The lowest BCUT2D eigenvalue weighted by molar-refractivity contribution is -0.907. The molecule has 3 nitrogen and oxygen atoms in total. The number of rotatable bonds is 8. The predicted octanol–water partition coefficient (Wildman–Crippen LogP) is 4.95. The molecule has 0 fully saturated rings. The Morgan fingerprint density at radius 3 is 1.65 bits per heavy atom. The fourth-order valence-corrected chi connectivity index (χ4v) is 3.17. The van der Waals surface area contributed by atoms with Crippen LogP contribution in [-0.2, 0) is 19.5 Å². The van der Waals surface area contributed by atoms with E-state index in [1.54, 1.807) is 7.11 Å². The summed E-state index contributed by atoms with van der Waals surface area (Å²) in [6, 6.07) is 28.0. The van der Waals surface area contributed by atoms with E-state index in [2.05, 4.69) is 0 Å². The average molecular weight is 347 g/mol. The van der Waals surface area contributed by atoms with Crippen LogP contribution < -0.4 is 4.74 Å². The standard InChI is InChI=1S/C23H25NO2/c1-26-23-14-12-20(13-15-23)16-17-24(25,18-21-8-4-2-5-9-21)19-22-10-6-3-7-11-22/h2-15H,16-19H2,1H3. The molecule has 0 heterocycles. The molecule has 26 heavy (non-hydrogen) atoms. The van der Waals surface area contributed by atoms with Gasteiger partial charge in [0.2, 0.25) is 0 Å². The SMILES string of the molecule is COc1ccc(CC[N+]([O-])(Cc2ccccc2)Cc2ccccc2)cc1. The van der Waals surface area contributed by atoms with Crippen LogP contribution in [0.4, 0.5) is 0 Å². The molecular weight excluding hydrogens is 322 g/mol. The Morgan fingerprint density at radius 1 is 0.692 bits per heavy atom. The number of nitrogens with zero attached hydrogens (tertiary/aromatic N) is 1. The molecular formula is C23H25NO2. The largest absolute Gasteiger partial charge is 0.632 e. The molecule has 0 aliphatic carbocycles. The Kier molecular flexibility index (Phi) is 6.05. The first-order valence-electron chi connectivity index (χ1n) is 8.95. The first-order valence-corrected chi connectivity index (χ1v) is 8.95. The molecule has 0 aliphatic rings. The minimum atomic E-state index is -0.264. The lowest BCUT2D eigenvalue weighted by atomic mass is 10.1. The summed E-state index contributed by atoms with van der Waals surface area (Å²) in [6.07, 6.45) is 0.743. The van der Waals surface area contributed by atoms with Gasteiger partial charge < -0.3 is 14.6 Å². The van der Waals surface area contributed by atoms with Gasteiger partial charge in [-0.1, -0.05) is 72.8 Å². The van der Waals surface area contributed by atoms with Crippen molar-refractivity contribution in [2.45, 2.75) is 19.5 Å². The molecule has 0 saturated carbocycles. The number of methoxy groups -OCH3 is 1. The molecule has 0 atom stereocenters. The summed E-state index contributed by atoms with van der Waals surface area (Å²) in [5.41, 5.74) is 3.31. The topological polar surface area (TPSA) is 32.3 Å². The highest BCUT2D eigenvalue weighted by atomic mass is 16.5. The van der Waals surface area contributed by atoms with Crippen molar-refractivity contribution in [2.75, 3.05) is 13.7 Å². The van der Waals surface area contributed by atoms with Crippen LogP contribution in [0.5, 0.6) is 5.75 Å². The molecule has 0 radical (unpaired) electrons. The van der Waals surface area contributed by atoms with Gasteiger partial charge in [-0.3, -0.25) is 0 Å². The minimum absolute atomic E-state index is 0.264. The van der Waals surface area contributed by atoms with E-state index < -0.39 is 0 Å². The van der Waals surface area contributed by atoms with Gasteiger partial charge in [0.15, 0.2) is 0 Å². The Labute approximate surface area is 155 Å². The monoisotopic (exact) mass is 347 g/mol. The fraction of sp³-hybridized carbons (Fsp3) is 0.217. The van der Waals surface area contributed by atoms with Crippen molar-refractivity contribution < 1.29 is 9.38 Å². The maximum absolute atomic E-state index is 13.7. The van der Waals surface area contributed by atoms with Gasteiger partial charge in [-0.05, 0) is 17.7 Å².